The van der Waals surface area contributed by atoms with Gasteiger partial charge < -0.3 is 10.1 Å². The summed E-state index contributed by atoms with van der Waals surface area (Å²) in [6, 6.07) is 5.45. The summed E-state index contributed by atoms with van der Waals surface area (Å²) in [7, 11) is 0. The minimum atomic E-state index is -0.359. The Hall–Kier alpha value is -1.62. The molecule has 0 saturated carbocycles. The van der Waals surface area contributed by atoms with Gasteiger partial charge in [0.2, 0.25) is 0 Å². The summed E-state index contributed by atoms with van der Waals surface area (Å²) in [5, 5.41) is 14.1. The number of hydrogen-bond acceptors (Lipinski definition) is 4. The number of nitro groups is 1. The Bertz CT molecular complexity index is 414. The van der Waals surface area contributed by atoms with Crippen molar-refractivity contribution in [2.24, 2.45) is 0 Å². The number of hydrogen-bond donors (Lipinski definition) is 1. The highest BCUT2D eigenvalue weighted by atomic mass is 16.6. The van der Waals surface area contributed by atoms with Crippen LogP contribution >= 0.6 is 0 Å². The first-order valence-electron chi connectivity index (χ1n) is 5.75. The first kappa shape index (κ1) is 11.9. The number of ether oxygens (including phenoxy) is 1. The van der Waals surface area contributed by atoms with Gasteiger partial charge in [-0.1, -0.05) is 0 Å². The van der Waals surface area contributed by atoms with Crippen LogP contribution < -0.4 is 5.32 Å². The van der Waals surface area contributed by atoms with Crippen LogP contribution in [0.3, 0.4) is 0 Å². The molecule has 0 amide bonds. The summed E-state index contributed by atoms with van der Waals surface area (Å²) in [5.74, 6) is 0. The van der Waals surface area contributed by atoms with Crippen LogP contribution in [0.25, 0.3) is 0 Å². The topological polar surface area (TPSA) is 64.4 Å². The molecule has 1 aliphatic heterocycles. The van der Waals surface area contributed by atoms with Crippen LogP contribution in [0.5, 0.6) is 0 Å². The van der Waals surface area contributed by atoms with Crippen LogP contribution in [0.2, 0.25) is 0 Å². The molecule has 0 aliphatic carbocycles. The highest BCUT2D eigenvalue weighted by Crippen LogP contribution is 2.22. The van der Waals surface area contributed by atoms with Crippen molar-refractivity contribution < 1.29 is 9.66 Å². The maximum Gasteiger partial charge on any atom is 0.271 e. The smallest absolute Gasteiger partial charge is 0.271 e. The summed E-state index contributed by atoms with van der Waals surface area (Å²) in [4.78, 5) is 10.4. The van der Waals surface area contributed by atoms with Crippen LogP contribution in [-0.2, 0) is 4.74 Å². The Labute approximate surface area is 99.9 Å². The van der Waals surface area contributed by atoms with Crippen molar-refractivity contribution in [3.8, 4) is 0 Å². The van der Waals surface area contributed by atoms with Crippen molar-refractivity contribution in [2.75, 3.05) is 18.5 Å². The second-order valence-electron chi connectivity index (χ2n) is 4.35. The Kier molecular flexibility index (Phi) is 3.58. The standard InChI is InChI=1S/C12H16N2O3/c1-9-6-11(8-12(7-9)14(15)16)13-10-2-4-17-5-3-10/h6-8,10,13H,2-5H2,1H3. The van der Waals surface area contributed by atoms with Gasteiger partial charge in [0.15, 0.2) is 0 Å². The molecule has 1 saturated heterocycles. The van der Waals surface area contributed by atoms with E-state index in [0.717, 1.165) is 37.3 Å². The molecule has 1 aromatic rings. The van der Waals surface area contributed by atoms with Crippen LogP contribution in [0, 0.1) is 17.0 Å². The van der Waals surface area contributed by atoms with Gasteiger partial charge in [-0.15, -0.1) is 0 Å². The Morgan fingerprint density at radius 3 is 2.71 bits per heavy atom. The normalized spacial score (nSPS) is 16.8. The zero-order valence-electron chi connectivity index (χ0n) is 9.81. The van der Waals surface area contributed by atoms with Gasteiger partial charge in [0.05, 0.1) is 4.92 Å². The Balaban J connectivity index is 2.11. The number of benzene rings is 1. The molecule has 1 N–H and O–H groups in total. The van der Waals surface area contributed by atoms with Gasteiger partial charge in [0.25, 0.3) is 5.69 Å². The predicted molar refractivity (Wildman–Crippen MR) is 65.3 cm³/mol. The van der Waals surface area contributed by atoms with Crippen LogP contribution in [-0.4, -0.2) is 24.2 Å². The van der Waals surface area contributed by atoms with Crippen molar-refractivity contribution in [3.63, 3.8) is 0 Å². The van der Waals surface area contributed by atoms with Crippen molar-refractivity contribution in [1.29, 1.82) is 0 Å². The van der Waals surface area contributed by atoms with Crippen molar-refractivity contribution in [1.82, 2.24) is 0 Å². The number of rotatable bonds is 3. The van der Waals surface area contributed by atoms with Gasteiger partial charge in [-0.25, -0.2) is 0 Å². The number of non-ortho nitro benzene ring substituents is 1. The molecule has 0 radical (unpaired) electrons. The molecule has 0 spiro atoms. The third-order valence-corrected chi connectivity index (χ3v) is 2.87. The van der Waals surface area contributed by atoms with Gasteiger partial charge in [0.1, 0.15) is 0 Å². The largest absolute Gasteiger partial charge is 0.382 e. The van der Waals surface area contributed by atoms with Gasteiger partial charge in [-0.05, 0) is 31.4 Å². The molecule has 0 bridgehead atoms. The van der Waals surface area contributed by atoms with E-state index < -0.39 is 0 Å². The fourth-order valence-electron chi connectivity index (χ4n) is 2.03. The zero-order chi connectivity index (χ0) is 12.3. The minimum Gasteiger partial charge on any atom is -0.382 e. The second kappa shape index (κ2) is 5.14. The lowest BCUT2D eigenvalue weighted by Gasteiger charge is -2.24. The molecular formula is C12H16N2O3. The molecule has 17 heavy (non-hydrogen) atoms. The van der Waals surface area contributed by atoms with Crippen molar-refractivity contribution in [3.05, 3.63) is 33.9 Å². The average Bonchev–Trinajstić information content (AvgIpc) is 2.29. The van der Waals surface area contributed by atoms with Crippen LogP contribution in [0.4, 0.5) is 11.4 Å². The predicted octanol–water partition coefficient (Wildman–Crippen LogP) is 2.49. The highest BCUT2D eigenvalue weighted by molar-refractivity contribution is 5.54. The van der Waals surface area contributed by atoms with Gasteiger partial charge in [0, 0.05) is 37.1 Å². The number of nitrogens with zero attached hydrogens (tertiary/aromatic N) is 1. The fourth-order valence-corrected chi connectivity index (χ4v) is 2.03. The van der Waals surface area contributed by atoms with E-state index in [1.807, 2.05) is 13.0 Å². The van der Waals surface area contributed by atoms with Gasteiger partial charge >= 0.3 is 0 Å². The highest BCUT2D eigenvalue weighted by Gasteiger charge is 2.15. The molecule has 1 aromatic carbocycles. The van der Waals surface area contributed by atoms with Crippen molar-refractivity contribution >= 4 is 11.4 Å². The molecule has 1 aliphatic rings. The number of nitro benzene ring substituents is 1. The lowest BCUT2D eigenvalue weighted by Crippen LogP contribution is -2.27. The molecule has 5 nitrogen and oxygen atoms in total. The van der Waals surface area contributed by atoms with E-state index in [1.54, 1.807) is 12.1 Å². The fraction of sp³-hybridized carbons (Fsp3) is 0.500. The van der Waals surface area contributed by atoms with Crippen LogP contribution in [0.1, 0.15) is 18.4 Å². The summed E-state index contributed by atoms with van der Waals surface area (Å²) in [6.45, 7) is 3.37. The van der Waals surface area contributed by atoms with Gasteiger partial charge in [-0.2, -0.15) is 0 Å². The van der Waals surface area contributed by atoms with E-state index in [0.29, 0.717) is 6.04 Å². The molecule has 92 valence electrons. The molecule has 0 unspecified atom stereocenters. The number of aryl methyl sites for hydroxylation is 1. The SMILES string of the molecule is Cc1cc(NC2CCOCC2)cc([N+](=O)[O-])c1. The van der Waals surface area contributed by atoms with E-state index in [4.69, 9.17) is 4.74 Å². The molecule has 0 atom stereocenters. The Morgan fingerprint density at radius 2 is 2.06 bits per heavy atom. The molecule has 1 fully saturated rings. The molecular weight excluding hydrogens is 220 g/mol. The average molecular weight is 236 g/mol. The quantitative estimate of drug-likeness (QED) is 0.647. The summed E-state index contributed by atoms with van der Waals surface area (Å²) >= 11 is 0. The summed E-state index contributed by atoms with van der Waals surface area (Å²) < 4.78 is 5.27. The molecule has 2 rings (SSSR count). The van der Waals surface area contributed by atoms with E-state index in [-0.39, 0.29) is 10.6 Å². The Morgan fingerprint density at radius 1 is 1.35 bits per heavy atom. The third kappa shape index (κ3) is 3.17. The van der Waals surface area contributed by atoms with E-state index in [2.05, 4.69) is 5.32 Å². The first-order valence-corrected chi connectivity index (χ1v) is 5.75. The first-order chi connectivity index (χ1) is 8.15. The number of nitrogens with one attached hydrogen (secondary N) is 1. The molecule has 1 heterocycles. The maximum atomic E-state index is 10.8. The second-order valence-corrected chi connectivity index (χ2v) is 4.35. The maximum absolute atomic E-state index is 10.8. The monoisotopic (exact) mass is 236 g/mol. The van der Waals surface area contributed by atoms with E-state index in [1.165, 1.54) is 0 Å². The number of anilines is 1. The van der Waals surface area contributed by atoms with E-state index >= 15 is 0 Å². The summed E-state index contributed by atoms with van der Waals surface area (Å²) in [5.41, 5.74) is 1.86. The third-order valence-electron chi connectivity index (χ3n) is 2.87. The summed E-state index contributed by atoms with van der Waals surface area (Å²) in [6.07, 6.45) is 1.89. The van der Waals surface area contributed by atoms with Crippen LogP contribution in [0.15, 0.2) is 18.2 Å². The minimum absolute atomic E-state index is 0.138. The van der Waals surface area contributed by atoms with E-state index in [9.17, 15) is 10.1 Å². The zero-order valence-corrected chi connectivity index (χ0v) is 9.81. The van der Waals surface area contributed by atoms with Gasteiger partial charge in [-0.3, -0.25) is 10.1 Å². The van der Waals surface area contributed by atoms with Crippen molar-refractivity contribution in [2.45, 2.75) is 25.8 Å². The lowest BCUT2D eigenvalue weighted by atomic mass is 10.1. The molecule has 5 heteroatoms. The lowest BCUT2D eigenvalue weighted by molar-refractivity contribution is -0.384. The molecule has 0 aromatic heterocycles.